The maximum Gasteiger partial charge on any atom is 0.294 e. The number of benzene rings is 1. The molecule has 0 aliphatic carbocycles. The number of hydrogen-bond acceptors (Lipinski definition) is 3. The normalized spacial score (nSPS) is 11.5. The molecule has 0 spiro atoms. The highest BCUT2D eigenvalue weighted by Crippen LogP contribution is 2.19. The van der Waals surface area contributed by atoms with Gasteiger partial charge in [-0.25, -0.2) is 0 Å². The van der Waals surface area contributed by atoms with Crippen molar-refractivity contribution in [2.45, 2.75) is 18.2 Å². The predicted octanol–water partition coefficient (Wildman–Crippen LogP) is 1.08. The third-order valence-electron chi connectivity index (χ3n) is 1.75. The maximum absolute atomic E-state index is 10.9. The van der Waals surface area contributed by atoms with Gasteiger partial charge in [0.25, 0.3) is 10.1 Å². The minimum Gasteiger partial charge on any atom is -0.399 e. The van der Waals surface area contributed by atoms with E-state index in [4.69, 9.17) is 10.3 Å². The second-order valence-electron chi connectivity index (χ2n) is 2.70. The molecule has 0 saturated carbocycles. The van der Waals surface area contributed by atoms with Crippen LogP contribution in [0.1, 0.15) is 12.5 Å². The van der Waals surface area contributed by atoms with Gasteiger partial charge in [-0.3, -0.25) is 4.55 Å². The van der Waals surface area contributed by atoms with Gasteiger partial charge in [-0.15, -0.1) is 0 Å². The van der Waals surface area contributed by atoms with Crippen LogP contribution in [0.25, 0.3) is 0 Å². The molecule has 0 unspecified atom stereocenters. The first-order valence-electron chi connectivity index (χ1n) is 3.81. The van der Waals surface area contributed by atoms with E-state index in [0.717, 1.165) is 0 Å². The van der Waals surface area contributed by atoms with Crippen molar-refractivity contribution in [3.05, 3.63) is 23.8 Å². The molecule has 5 heteroatoms. The van der Waals surface area contributed by atoms with Crippen molar-refractivity contribution in [2.24, 2.45) is 0 Å². The number of hydrogen-bond donors (Lipinski definition) is 2. The van der Waals surface area contributed by atoms with Crippen LogP contribution in [0.15, 0.2) is 23.1 Å². The van der Waals surface area contributed by atoms with Crippen LogP contribution in [-0.2, 0) is 16.5 Å². The lowest BCUT2D eigenvalue weighted by Crippen LogP contribution is -2.03. The monoisotopic (exact) mass is 201 g/mol. The van der Waals surface area contributed by atoms with E-state index in [1.807, 2.05) is 0 Å². The summed E-state index contributed by atoms with van der Waals surface area (Å²) in [6.07, 6.45) is 0.537. The summed E-state index contributed by atoms with van der Waals surface area (Å²) < 4.78 is 30.6. The molecule has 4 nitrogen and oxygen atoms in total. The molecular formula is C8H11NO3S. The molecule has 0 aliphatic rings. The topological polar surface area (TPSA) is 80.4 Å². The van der Waals surface area contributed by atoms with Gasteiger partial charge in [0, 0.05) is 5.69 Å². The standard InChI is InChI=1S/C8H11NO3S/c1-2-6-3-4-7(9)5-8(6)13(10,11)12/h3-5H,2,9H2,1H3,(H,10,11,12). The Morgan fingerprint density at radius 1 is 1.46 bits per heavy atom. The summed E-state index contributed by atoms with van der Waals surface area (Å²) in [6, 6.07) is 4.46. The average Bonchev–Trinajstić information content (AvgIpc) is 2.03. The molecular weight excluding hydrogens is 190 g/mol. The molecule has 1 aromatic rings. The van der Waals surface area contributed by atoms with Gasteiger partial charge in [0.1, 0.15) is 0 Å². The summed E-state index contributed by atoms with van der Waals surface area (Å²) in [5.41, 5.74) is 6.29. The third-order valence-corrected chi connectivity index (χ3v) is 2.69. The fourth-order valence-corrected chi connectivity index (χ4v) is 1.93. The smallest absolute Gasteiger partial charge is 0.294 e. The quantitative estimate of drug-likeness (QED) is 0.554. The van der Waals surface area contributed by atoms with Crippen molar-refractivity contribution >= 4 is 15.8 Å². The van der Waals surface area contributed by atoms with Crippen LogP contribution in [0.4, 0.5) is 5.69 Å². The lowest BCUT2D eigenvalue weighted by Gasteiger charge is -2.04. The largest absolute Gasteiger partial charge is 0.399 e. The van der Waals surface area contributed by atoms with Gasteiger partial charge in [-0.05, 0) is 24.1 Å². The van der Waals surface area contributed by atoms with E-state index in [9.17, 15) is 8.42 Å². The molecule has 0 heterocycles. The summed E-state index contributed by atoms with van der Waals surface area (Å²) >= 11 is 0. The second-order valence-corrected chi connectivity index (χ2v) is 4.09. The van der Waals surface area contributed by atoms with Crippen molar-refractivity contribution in [3.8, 4) is 0 Å². The van der Waals surface area contributed by atoms with Crippen LogP contribution in [-0.4, -0.2) is 13.0 Å². The Hall–Kier alpha value is -1.07. The van der Waals surface area contributed by atoms with Crippen molar-refractivity contribution < 1.29 is 13.0 Å². The van der Waals surface area contributed by atoms with Gasteiger partial charge in [0.15, 0.2) is 0 Å². The number of rotatable bonds is 2. The Morgan fingerprint density at radius 3 is 2.54 bits per heavy atom. The molecule has 72 valence electrons. The van der Waals surface area contributed by atoms with E-state index < -0.39 is 10.1 Å². The van der Waals surface area contributed by atoms with E-state index in [1.54, 1.807) is 19.1 Å². The lowest BCUT2D eigenvalue weighted by molar-refractivity contribution is 0.482. The van der Waals surface area contributed by atoms with Crippen molar-refractivity contribution in [3.63, 3.8) is 0 Å². The molecule has 1 aromatic carbocycles. The third kappa shape index (κ3) is 2.19. The zero-order chi connectivity index (χ0) is 10.1. The molecule has 0 fully saturated rings. The second kappa shape index (κ2) is 3.35. The molecule has 0 aromatic heterocycles. The molecule has 0 saturated heterocycles. The molecule has 0 amide bonds. The Morgan fingerprint density at radius 2 is 2.08 bits per heavy atom. The first kappa shape index (κ1) is 10.0. The van der Waals surface area contributed by atoms with Crippen LogP contribution in [0, 0.1) is 0 Å². The molecule has 3 N–H and O–H groups in total. The summed E-state index contributed by atoms with van der Waals surface area (Å²) in [5.74, 6) is 0. The summed E-state index contributed by atoms with van der Waals surface area (Å²) in [7, 11) is -4.15. The number of aryl methyl sites for hydroxylation is 1. The predicted molar refractivity (Wildman–Crippen MR) is 50.0 cm³/mol. The summed E-state index contributed by atoms with van der Waals surface area (Å²) in [5, 5.41) is 0. The lowest BCUT2D eigenvalue weighted by atomic mass is 10.1. The summed E-state index contributed by atoms with van der Waals surface area (Å²) in [6.45, 7) is 1.81. The van der Waals surface area contributed by atoms with Gasteiger partial charge in [0.05, 0.1) is 4.90 Å². The molecule has 0 radical (unpaired) electrons. The van der Waals surface area contributed by atoms with Crippen molar-refractivity contribution in [1.82, 2.24) is 0 Å². The van der Waals surface area contributed by atoms with Gasteiger partial charge in [-0.1, -0.05) is 13.0 Å². The summed E-state index contributed by atoms with van der Waals surface area (Å²) in [4.78, 5) is -0.102. The minimum absolute atomic E-state index is 0.102. The number of nitrogens with two attached hydrogens (primary N) is 1. The maximum atomic E-state index is 10.9. The van der Waals surface area contributed by atoms with Gasteiger partial charge >= 0.3 is 0 Å². The SMILES string of the molecule is CCc1ccc(N)cc1S(=O)(=O)O. The van der Waals surface area contributed by atoms with Crippen LogP contribution in [0.5, 0.6) is 0 Å². The number of nitrogen functional groups attached to an aromatic ring is 1. The van der Waals surface area contributed by atoms with E-state index in [0.29, 0.717) is 17.7 Å². The highest BCUT2D eigenvalue weighted by atomic mass is 32.2. The van der Waals surface area contributed by atoms with Crippen LogP contribution >= 0.6 is 0 Å². The highest BCUT2D eigenvalue weighted by molar-refractivity contribution is 7.85. The van der Waals surface area contributed by atoms with E-state index in [2.05, 4.69) is 0 Å². The van der Waals surface area contributed by atoms with Crippen molar-refractivity contribution in [2.75, 3.05) is 5.73 Å². The Bertz CT molecular complexity index is 411. The Kier molecular flexibility index (Phi) is 2.58. The fourth-order valence-electron chi connectivity index (χ4n) is 1.10. The van der Waals surface area contributed by atoms with Crippen LogP contribution in [0.2, 0.25) is 0 Å². The first-order valence-corrected chi connectivity index (χ1v) is 5.25. The first-order chi connectivity index (χ1) is 5.95. The molecule has 0 bridgehead atoms. The Balaban J connectivity index is 3.41. The highest BCUT2D eigenvalue weighted by Gasteiger charge is 2.14. The van der Waals surface area contributed by atoms with Crippen LogP contribution < -0.4 is 5.73 Å². The zero-order valence-corrected chi connectivity index (χ0v) is 8.00. The average molecular weight is 201 g/mol. The van der Waals surface area contributed by atoms with E-state index in [-0.39, 0.29) is 4.90 Å². The van der Waals surface area contributed by atoms with Gasteiger partial charge in [-0.2, -0.15) is 8.42 Å². The zero-order valence-electron chi connectivity index (χ0n) is 7.19. The molecule has 0 aliphatic heterocycles. The van der Waals surface area contributed by atoms with Gasteiger partial charge in [0.2, 0.25) is 0 Å². The molecule has 13 heavy (non-hydrogen) atoms. The molecule has 0 atom stereocenters. The van der Waals surface area contributed by atoms with E-state index in [1.165, 1.54) is 6.07 Å². The minimum atomic E-state index is -4.15. The number of anilines is 1. The molecule has 1 rings (SSSR count). The fraction of sp³-hybridized carbons (Fsp3) is 0.250. The van der Waals surface area contributed by atoms with Crippen molar-refractivity contribution in [1.29, 1.82) is 0 Å². The van der Waals surface area contributed by atoms with Crippen LogP contribution in [0.3, 0.4) is 0 Å². The van der Waals surface area contributed by atoms with Gasteiger partial charge < -0.3 is 5.73 Å². The van der Waals surface area contributed by atoms with E-state index >= 15 is 0 Å². The Labute approximate surface area is 77.1 Å².